The van der Waals surface area contributed by atoms with Crippen LogP contribution < -0.4 is 11.1 Å². The summed E-state index contributed by atoms with van der Waals surface area (Å²) in [5, 5.41) is 18.4. The third kappa shape index (κ3) is 2.69. The van der Waals surface area contributed by atoms with Gasteiger partial charge in [0.25, 0.3) is 5.91 Å². The number of aromatic nitrogens is 2. The molecule has 0 fully saturated rings. The van der Waals surface area contributed by atoms with Crippen molar-refractivity contribution < 1.29 is 14.5 Å². The molecule has 0 spiro atoms. The Bertz CT molecular complexity index is 365. The van der Waals surface area contributed by atoms with Crippen LogP contribution in [0.2, 0.25) is 0 Å². The number of aliphatic hydroxyl groups is 1. The molecule has 1 aromatic rings. The van der Waals surface area contributed by atoms with Gasteiger partial charge in [-0.25, -0.2) is 4.63 Å². The lowest BCUT2D eigenvalue weighted by atomic mass is 9.95. The Morgan fingerprint density at radius 1 is 1.62 bits per heavy atom. The van der Waals surface area contributed by atoms with Crippen molar-refractivity contribution in [1.29, 1.82) is 0 Å². The zero-order valence-electron chi connectivity index (χ0n) is 9.36. The van der Waals surface area contributed by atoms with E-state index in [1.807, 2.05) is 13.8 Å². The van der Waals surface area contributed by atoms with Crippen LogP contribution in [0.5, 0.6) is 0 Å². The molecule has 0 aliphatic heterocycles. The van der Waals surface area contributed by atoms with Gasteiger partial charge in [0.1, 0.15) is 0 Å². The Hall–Kier alpha value is -1.63. The van der Waals surface area contributed by atoms with Crippen LogP contribution in [-0.4, -0.2) is 33.5 Å². The molecule has 0 radical (unpaired) electrons. The third-order valence-electron chi connectivity index (χ3n) is 2.59. The van der Waals surface area contributed by atoms with Gasteiger partial charge in [0.15, 0.2) is 0 Å². The van der Waals surface area contributed by atoms with Gasteiger partial charge in [-0.05, 0) is 30.1 Å². The second-order valence-corrected chi connectivity index (χ2v) is 3.84. The van der Waals surface area contributed by atoms with Gasteiger partial charge in [0, 0.05) is 12.1 Å². The lowest BCUT2D eigenvalue weighted by molar-refractivity contribution is 0.0877. The number of nitrogens with zero attached hydrogens (tertiary/aromatic N) is 2. The van der Waals surface area contributed by atoms with E-state index in [1.165, 1.54) is 0 Å². The minimum Gasteiger partial charge on any atom is -0.396 e. The lowest BCUT2D eigenvalue weighted by Crippen LogP contribution is -2.46. The van der Waals surface area contributed by atoms with Crippen LogP contribution >= 0.6 is 0 Å². The topological polar surface area (TPSA) is 114 Å². The van der Waals surface area contributed by atoms with E-state index in [4.69, 9.17) is 10.8 Å². The first kappa shape index (κ1) is 12.4. The van der Waals surface area contributed by atoms with Crippen molar-refractivity contribution in [2.75, 3.05) is 12.3 Å². The highest BCUT2D eigenvalue weighted by Gasteiger charge is 2.27. The first-order valence-electron chi connectivity index (χ1n) is 5.04. The molecular weight excluding hydrogens is 212 g/mol. The van der Waals surface area contributed by atoms with Crippen molar-refractivity contribution in [1.82, 2.24) is 15.6 Å². The molecule has 0 saturated carbocycles. The van der Waals surface area contributed by atoms with Crippen molar-refractivity contribution in [2.45, 2.75) is 32.2 Å². The monoisotopic (exact) mass is 228 g/mol. The summed E-state index contributed by atoms with van der Waals surface area (Å²) in [6.45, 7) is 3.75. The molecule has 0 saturated heterocycles. The summed E-state index contributed by atoms with van der Waals surface area (Å²) in [7, 11) is 0. The molecule has 1 aromatic heterocycles. The number of aliphatic hydroxyl groups excluding tert-OH is 1. The molecule has 0 aliphatic carbocycles. The van der Waals surface area contributed by atoms with Gasteiger partial charge in [-0.2, -0.15) is 0 Å². The fourth-order valence-electron chi connectivity index (χ4n) is 1.26. The number of nitrogens with two attached hydrogens (primary N) is 1. The van der Waals surface area contributed by atoms with Gasteiger partial charge in [0.2, 0.25) is 11.5 Å². The van der Waals surface area contributed by atoms with Gasteiger partial charge in [-0.1, -0.05) is 6.92 Å². The number of carbonyl (C=O) groups excluding carboxylic acids is 1. The predicted molar refractivity (Wildman–Crippen MR) is 56.6 cm³/mol. The van der Waals surface area contributed by atoms with E-state index in [9.17, 15) is 4.79 Å². The van der Waals surface area contributed by atoms with E-state index in [1.54, 1.807) is 0 Å². The minimum atomic E-state index is -0.489. The van der Waals surface area contributed by atoms with Crippen molar-refractivity contribution in [2.24, 2.45) is 0 Å². The van der Waals surface area contributed by atoms with Gasteiger partial charge < -0.3 is 16.2 Å². The molecule has 7 heteroatoms. The fourth-order valence-corrected chi connectivity index (χ4v) is 1.26. The Labute approximate surface area is 93.0 Å². The van der Waals surface area contributed by atoms with Crippen LogP contribution in [0.1, 0.15) is 37.2 Å². The highest BCUT2D eigenvalue weighted by Crippen LogP contribution is 2.15. The number of carbonyl (C=O) groups is 1. The Morgan fingerprint density at radius 2 is 2.31 bits per heavy atom. The van der Waals surface area contributed by atoms with Crippen molar-refractivity contribution in [3.05, 3.63) is 5.69 Å². The smallest absolute Gasteiger partial charge is 0.277 e. The summed E-state index contributed by atoms with van der Waals surface area (Å²) in [6.07, 6.45) is 1.14. The van der Waals surface area contributed by atoms with Gasteiger partial charge >= 0.3 is 0 Å². The van der Waals surface area contributed by atoms with Crippen LogP contribution in [0.4, 0.5) is 5.82 Å². The predicted octanol–water partition coefficient (Wildman–Crippen LogP) is -0.0673. The molecule has 0 aromatic carbocycles. The molecular formula is C9H16N4O3. The van der Waals surface area contributed by atoms with Crippen LogP contribution in [0.25, 0.3) is 0 Å². The SMILES string of the molecule is CCC(C)(CCO)NC(=O)c1nonc1N. The van der Waals surface area contributed by atoms with E-state index in [0.29, 0.717) is 12.8 Å². The number of amides is 1. The Kier molecular flexibility index (Phi) is 3.83. The average molecular weight is 228 g/mol. The van der Waals surface area contributed by atoms with E-state index in [-0.39, 0.29) is 18.1 Å². The first-order chi connectivity index (χ1) is 7.52. The number of anilines is 1. The van der Waals surface area contributed by atoms with E-state index >= 15 is 0 Å². The van der Waals surface area contributed by atoms with Gasteiger partial charge in [-0.3, -0.25) is 4.79 Å². The molecule has 1 amide bonds. The Morgan fingerprint density at radius 3 is 2.75 bits per heavy atom. The lowest BCUT2D eigenvalue weighted by Gasteiger charge is -2.28. The molecule has 0 aliphatic rings. The number of rotatable bonds is 5. The number of hydrogen-bond donors (Lipinski definition) is 3. The maximum absolute atomic E-state index is 11.7. The normalized spacial score (nSPS) is 14.4. The molecule has 1 heterocycles. The zero-order valence-corrected chi connectivity index (χ0v) is 9.36. The van der Waals surface area contributed by atoms with Gasteiger partial charge in [-0.15, -0.1) is 0 Å². The maximum atomic E-state index is 11.7. The summed E-state index contributed by atoms with van der Waals surface area (Å²) in [4.78, 5) is 11.7. The summed E-state index contributed by atoms with van der Waals surface area (Å²) in [6, 6.07) is 0. The van der Waals surface area contributed by atoms with Gasteiger partial charge in [0.05, 0.1) is 0 Å². The summed E-state index contributed by atoms with van der Waals surface area (Å²) in [5.41, 5.74) is 4.88. The second kappa shape index (κ2) is 4.93. The molecule has 0 bridgehead atoms. The number of nitrogens with one attached hydrogen (secondary N) is 1. The van der Waals surface area contributed by atoms with Crippen molar-refractivity contribution >= 4 is 11.7 Å². The standard InChI is InChI=1S/C9H16N4O3/c1-3-9(2,4-5-14)11-8(15)6-7(10)13-16-12-6/h14H,3-5H2,1-2H3,(H2,10,13)(H,11,15). The highest BCUT2D eigenvalue weighted by molar-refractivity contribution is 5.96. The highest BCUT2D eigenvalue weighted by atomic mass is 16.6. The first-order valence-corrected chi connectivity index (χ1v) is 5.04. The second-order valence-electron chi connectivity index (χ2n) is 3.84. The van der Waals surface area contributed by atoms with Crippen molar-refractivity contribution in [3.63, 3.8) is 0 Å². The molecule has 4 N–H and O–H groups in total. The minimum absolute atomic E-state index is 0.00281. The average Bonchev–Trinajstić information content (AvgIpc) is 2.65. The molecule has 7 nitrogen and oxygen atoms in total. The fraction of sp³-hybridized carbons (Fsp3) is 0.667. The molecule has 16 heavy (non-hydrogen) atoms. The quantitative estimate of drug-likeness (QED) is 0.650. The van der Waals surface area contributed by atoms with Crippen molar-refractivity contribution in [3.8, 4) is 0 Å². The third-order valence-corrected chi connectivity index (χ3v) is 2.59. The number of nitrogen functional groups attached to an aromatic ring is 1. The van der Waals surface area contributed by atoms with E-state index < -0.39 is 11.4 Å². The zero-order chi connectivity index (χ0) is 12.2. The summed E-state index contributed by atoms with van der Waals surface area (Å²) in [5.74, 6) is -0.489. The number of hydrogen-bond acceptors (Lipinski definition) is 6. The summed E-state index contributed by atoms with van der Waals surface area (Å²) >= 11 is 0. The molecule has 1 rings (SSSR count). The largest absolute Gasteiger partial charge is 0.396 e. The summed E-state index contributed by atoms with van der Waals surface area (Å²) < 4.78 is 4.34. The van der Waals surface area contributed by atoms with Crippen LogP contribution in [0.3, 0.4) is 0 Å². The Balaban J connectivity index is 2.73. The maximum Gasteiger partial charge on any atom is 0.277 e. The van der Waals surface area contributed by atoms with Crippen LogP contribution in [0, 0.1) is 0 Å². The van der Waals surface area contributed by atoms with Crippen LogP contribution in [-0.2, 0) is 0 Å². The van der Waals surface area contributed by atoms with E-state index in [0.717, 1.165) is 0 Å². The molecule has 1 unspecified atom stereocenters. The molecule has 1 atom stereocenters. The van der Waals surface area contributed by atoms with E-state index in [2.05, 4.69) is 20.3 Å². The molecule has 90 valence electrons. The van der Waals surface area contributed by atoms with Crippen LogP contribution in [0.15, 0.2) is 4.63 Å².